The number of aryl methyl sites for hydroxylation is 1. The Morgan fingerprint density at radius 3 is 2.76 bits per heavy atom. The summed E-state index contributed by atoms with van der Waals surface area (Å²) in [5, 5.41) is 9.85. The van der Waals surface area contributed by atoms with E-state index < -0.39 is 0 Å². The summed E-state index contributed by atoms with van der Waals surface area (Å²) in [6.45, 7) is 7.51. The number of ether oxygens (including phenoxy) is 3. The van der Waals surface area contributed by atoms with E-state index >= 15 is 0 Å². The van der Waals surface area contributed by atoms with Crippen molar-refractivity contribution in [1.82, 2.24) is 0 Å². The molecule has 0 saturated heterocycles. The summed E-state index contributed by atoms with van der Waals surface area (Å²) in [7, 11) is 1.74. The van der Waals surface area contributed by atoms with E-state index in [4.69, 9.17) is 14.2 Å². The number of hydrogen-bond donors (Lipinski definition) is 1. The summed E-state index contributed by atoms with van der Waals surface area (Å²) >= 11 is 0. The number of aliphatic hydroxyl groups excluding tert-OH is 1. The number of benzene rings is 1. The van der Waals surface area contributed by atoms with Gasteiger partial charge in [0.25, 0.3) is 0 Å². The molecule has 0 heterocycles. The Labute approximate surface area is 176 Å². The second-order valence-corrected chi connectivity index (χ2v) is 9.22. The quantitative estimate of drug-likeness (QED) is 0.433. The van der Waals surface area contributed by atoms with Gasteiger partial charge in [-0.05, 0) is 92.4 Å². The van der Waals surface area contributed by atoms with E-state index in [0.29, 0.717) is 11.8 Å². The fourth-order valence-electron chi connectivity index (χ4n) is 5.71. The summed E-state index contributed by atoms with van der Waals surface area (Å²) < 4.78 is 17.7. The summed E-state index contributed by atoms with van der Waals surface area (Å²) in [6, 6.07) is 6.54. The van der Waals surface area contributed by atoms with Crippen molar-refractivity contribution >= 4 is 0 Å². The molecule has 5 atom stereocenters. The highest BCUT2D eigenvalue weighted by atomic mass is 16.7. The molecular weight excluding hydrogens is 364 g/mol. The van der Waals surface area contributed by atoms with Gasteiger partial charge in [0.05, 0.1) is 13.2 Å². The number of fused-ring (bicyclic) bond motifs is 1. The van der Waals surface area contributed by atoms with Crippen molar-refractivity contribution in [3.8, 4) is 5.75 Å². The summed E-state index contributed by atoms with van der Waals surface area (Å²) in [5.74, 6) is 2.19. The van der Waals surface area contributed by atoms with Gasteiger partial charge in [0.1, 0.15) is 5.75 Å². The Bertz CT molecular complexity index is 646. The third-order valence-electron chi connectivity index (χ3n) is 7.43. The highest BCUT2D eigenvalue weighted by Crippen LogP contribution is 2.53. The van der Waals surface area contributed by atoms with Crippen molar-refractivity contribution in [3.05, 3.63) is 29.3 Å². The predicted octanol–water partition coefficient (Wildman–Crippen LogP) is 5.15. The summed E-state index contributed by atoms with van der Waals surface area (Å²) in [5.41, 5.74) is 2.91. The minimum absolute atomic E-state index is 0.00572. The van der Waals surface area contributed by atoms with Gasteiger partial charge in [-0.25, -0.2) is 0 Å². The van der Waals surface area contributed by atoms with Crippen LogP contribution in [0.1, 0.15) is 70.4 Å². The molecule has 2 aliphatic rings. The van der Waals surface area contributed by atoms with Crippen LogP contribution < -0.4 is 4.74 Å². The Hall–Kier alpha value is -1.10. The molecule has 164 valence electrons. The van der Waals surface area contributed by atoms with E-state index in [2.05, 4.69) is 32.0 Å². The molecule has 1 aromatic carbocycles. The van der Waals surface area contributed by atoms with Crippen LogP contribution in [0.15, 0.2) is 18.2 Å². The first-order valence-electron chi connectivity index (χ1n) is 11.6. The molecule has 4 nitrogen and oxygen atoms in total. The SMILES string of the molecule is CCCCOC(C)O[C@H]1CC[C@@H](C2CCc3cc(OC)ccc3C2)[C@]1(C)CCO. The topological polar surface area (TPSA) is 47.9 Å². The van der Waals surface area contributed by atoms with E-state index in [9.17, 15) is 5.11 Å². The fourth-order valence-corrected chi connectivity index (χ4v) is 5.71. The summed E-state index contributed by atoms with van der Waals surface area (Å²) in [4.78, 5) is 0. The third-order valence-corrected chi connectivity index (χ3v) is 7.43. The number of methoxy groups -OCH3 is 1. The van der Waals surface area contributed by atoms with Crippen molar-refractivity contribution in [2.24, 2.45) is 17.3 Å². The van der Waals surface area contributed by atoms with Gasteiger partial charge in [-0.15, -0.1) is 0 Å². The van der Waals surface area contributed by atoms with Crippen LogP contribution in [0.25, 0.3) is 0 Å². The molecule has 1 N–H and O–H groups in total. The molecule has 0 aliphatic heterocycles. The Balaban J connectivity index is 1.68. The van der Waals surface area contributed by atoms with E-state index in [-0.39, 0.29) is 24.4 Å². The zero-order valence-electron chi connectivity index (χ0n) is 18.8. The molecule has 4 heteroatoms. The molecule has 2 unspecified atom stereocenters. The monoisotopic (exact) mass is 404 g/mol. The lowest BCUT2D eigenvalue weighted by Gasteiger charge is -2.42. The van der Waals surface area contributed by atoms with Gasteiger partial charge in [0.15, 0.2) is 6.29 Å². The lowest BCUT2D eigenvalue weighted by atomic mass is 9.65. The van der Waals surface area contributed by atoms with Crippen LogP contribution in [0.3, 0.4) is 0 Å². The normalized spacial score (nSPS) is 30.2. The van der Waals surface area contributed by atoms with Gasteiger partial charge >= 0.3 is 0 Å². The molecule has 3 rings (SSSR count). The molecule has 2 aliphatic carbocycles. The van der Waals surface area contributed by atoms with Gasteiger partial charge < -0.3 is 19.3 Å². The van der Waals surface area contributed by atoms with Crippen molar-refractivity contribution in [1.29, 1.82) is 0 Å². The lowest BCUT2D eigenvalue weighted by Crippen LogP contribution is -2.41. The maximum absolute atomic E-state index is 9.85. The van der Waals surface area contributed by atoms with Gasteiger partial charge in [-0.1, -0.05) is 26.3 Å². The van der Waals surface area contributed by atoms with E-state index in [0.717, 1.165) is 50.9 Å². The van der Waals surface area contributed by atoms with Crippen LogP contribution in [0, 0.1) is 17.3 Å². The number of hydrogen-bond acceptors (Lipinski definition) is 4. The van der Waals surface area contributed by atoms with Crippen LogP contribution in [-0.4, -0.2) is 37.8 Å². The molecule has 0 radical (unpaired) electrons. The molecule has 0 amide bonds. The number of rotatable bonds is 10. The van der Waals surface area contributed by atoms with Crippen LogP contribution in [0.2, 0.25) is 0 Å². The van der Waals surface area contributed by atoms with Crippen molar-refractivity contribution < 1.29 is 19.3 Å². The minimum atomic E-state index is -0.178. The second kappa shape index (κ2) is 10.3. The molecular formula is C25H40O4. The van der Waals surface area contributed by atoms with E-state index in [1.165, 1.54) is 24.0 Å². The first-order valence-corrected chi connectivity index (χ1v) is 11.6. The van der Waals surface area contributed by atoms with Crippen molar-refractivity contribution in [2.45, 2.75) is 84.5 Å². The Morgan fingerprint density at radius 2 is 2.03 bits per heavy atom. The molecule has 0 bridgehead atoms. The zero-order valence-corrected chi connectivity index (χ0v) is 18.8. The van der Waals surface area contributed by atoms with Crippen LogP contribution in [0.4, 0.5) is 0 Å². The highest BCUT2D eigenvalue weighted by Gasteiger charge is 2.50. The molecule has 1 aromatic rings. The largest absolute Gasteiger partial charge is 0.497 e. The van der Waals surface area contributed by atoms with Gasteiger partial charge in [0.2, 0.25) is 0 Å². The van der Waals surface area contributed by atoms with Gasteiger partial charge in [0, 0.05) is 13.2 Å². The molecule has 1 fully saturated rings. The minimum Gasteiger partial charge on any atom is -0.497 e. The van der Waals surface area contributed by atoms with E-state index in [1.54, 1.807) is 7.11 Å². The fraction of sp³-hybridized carbons (Fsp3) is 0.760. The Morgan fingerprint density at radius 1 is 1.21 bits per heavy atom. The first kappa shape index (κ1) is 22.6. The number of unbranched alkanes of at least 4 members (excludes halogenated alkanes) is 1. The molecule has 0 aromatic heterocycles. The number of aliphatic hydroxyl groups is 1. The van der Waals surface area contributed by atoms with Gasteiger partial charge in [-0.3, -0.25) is 0 Å². The standard InChI is InChI=1S/C25H40O4/c1-5-6-15-28-18(2)29-24-12-11-23(25(24,3)13-14-26)21-8-7-20-17-22(27-4)10-9-19(20)16-21/h9-10,17-18,21,23-24,26H,5-8,11-16H2,1-4H3/t18?,21?,23-,24-,25-/m0/s1. The summed E-state index contributed by atoms with van der Waals surface area (Å²) in [6.07, 6.45) is 8.68. The zero-order chi connectivity index (χ0) is 20.9. The maximum atomic E-state index is 9.85. The van der Waals surface area contributed by atoms with Crippen LogP contribution >= 0.6 is 0 Å². The molecule has 0 spiro atoms. The van der Waals surface area contributed by atoms with Gasteiger partial charge in [-0.2, -0.15) is 0 Å². The van der Waals surface area contributed by atoms with Crippen molar-refractivity contribution in [2.75, 3.05) is 20.3 Å². The van der Waals surface area contributed by atoms with E-state index in [1.807, 2.05) is 6.92 Å². The second-order valence-electron chi connectivity index (χ2n) is 9.22. The average molecular weight is 405 g/mol. The van der Waals surface area contributed by atoms with Crippen LogP contribution in [-0.2, 0) is 22.3 Å². The molecule has 1 saturated carbocycles. The maximum Gasteiger partial charge on any atom is 0.155 e. The first-order chi connectivity index (χ1) is 14.0. The Kier molecular flexibility index (Phi) is 8.00. The third kappa shape index (κ3) is 5.15. The lowest BCUT2D eigenvalue weighted by molar-refractivity contribution is -0.188. The van der Waals surface area contributed by atoms with Crippen LogP contribution in [0.5, 0.6) is 5.75 Å². The van der Waals surface area contributed by atoms with Crippen molar-refractivity contribution in [3.63, 3.8) is 0 Å². The average Bonchev–Trinajstić information content (AvgIpc) is 3.03. The predicted molar refractivity (Wildman–Crippen MR) is 116 cm³/mol. The molecule has 29 heavy (non-hydrogen) atoms. The smallest absolute Gasteiger partial charge is 0.155 e. The highest BCUT2D eigenvalue weighted by molar-refractivity contribution is 5.37.